The minimum absolute atomic E-state index is 0.0455. The predicted molar refractivity (Wildman–Crippen MR) is 77.7 cm³/mol. The van der Waals surface area contributed by atoms with Gasteiger partial charge in [-0.3, -0.25) is 4.57 Å². The van der Waals surface area contributed by atoms with Crippen LogP contribution in [-0.2, 0) is 7.05 Å². The summed E-state index contributed by atoms with van der Waals surface area (Å²) in [5, 5.41) is 11.2. The summed E-state index contributed by atoms with van der Waals surface area (Å²) in [5.41, 5.74) is 5.95. The van der Waals surface area contributed by atoms with Crippen molar-refractivity contribution >= 4 is 11.6 Å². The number of nitrogens with zero attached hydrogens (tertiary/aromatic N) is 4. The third kappa shape index (κ3) is 2.92. The molecule has 1 fully saturated rings. The van der Waals surface area contributed by atoms with Gasteiger partial charge in [-0.1, -0.05) is 6.92 Å². The number of nitro groups is 1. The molecule has 0 aliphatic heterocycles. The van der Waals surface area contributed by atoms with E-state index >= 15 is 0 Å². The van der Waals surface area contributed by atoms with E-state index in [2.05, 4.69) is 16.8 Å². The summed E-state index contributed by atoms with van der Waals surface area (Å²) in [6.07, 6.45) is 6.41. The molecule has 0 atom stereocenters. The number of imidazole rings is 1. The van der Waals surface area contributed by atoms with E-state index < -0.39 is 4.92 Å². The summed E-state index contributed by atoms with van der Waals surface area (Å²) in [7, 11) is 1.81. The number of hydrogen-bond acceptors (Lipinski definition) is 5. The molecule has 7 heteroatoms. The quantitative estimate of drug-likeness (QED) is 0.656. The second-order valence-corrected chi connectivity index (χ2v) is 5.52. The molecular formula is C13H23N5O2. The van der Waals surface area contributed by atoms with Gasteiger partial charge < -0.3 is 20.7 Å². The molecule has 20 heavy (non-hydrogen) atoms. The van der Waals surface area contributed by atoms with Crippen LogP contribution < -0.4 is 10.6 Å². The standard InChI is InChI=1S/C13H23N5O2/c1-3-8-17(11-6-4-10(14)5-7-11)13-12(18(19)20)15-9-16(13)2/h9-11H,3-8,14H2,1-2H3. The zero-order chi connectivity index (χ0) is 14.7. The van der Waals surface area contributed by atoms with Crippen LogP contribution in [0.25, 0.3) is 0 Å². The molecule has 2 rings (SSSR count). The number of aromatic nitrogens is 2. The third-order valence-electron chi connectivity index (χ3n) is 3.98. The van der Waals surface area contributed by atoms with E-state index in [9.17, 15) is 10.1 Å². The molecule has 0 amide bonds. The number of hydrogen-bond donors (Lipinski definition) is 1. The number of anilines is 1. The maximum atomic E-state index is 11.2. The molecule has 0 saturated heterocycles. The van der Waals surface area contributed by atoms with E-state index in [0.29, 0.717) is 11.9 Å². The van der Waals surface area contributed by atoms with Crippen molar-refractivity contribution in [1.82, 2.24) is 9.55 Å². The summed E-state index contributed by atoms with van der Waals surface area (Å²) in [6, 6.07) is 0.597. The molecule has 1 heterocycles. The van der Waals surface area contributed by atoms with Crippen LogP contribution in [0.2, 0.25) is 0 Å². The molecule has 7 nitrogen and oxygen atoms in total. The molecule has 0 unspecified atom stereocenters. The number of nitrogens with two attached hydrogens (primary N) is 1. The largest absolute Gasteiger partial charge is 0.406 e. The average molecular weight is 281 g/mol. The SMILES string of the molecule is CCCN(c1c([N+](=O)[O-])ncn1C)C1CCC(N)CC1. The first-order valence-corrected chi connectivity index (χ1v) is 7.22. The van der Waals surface area contributed by atoms with Crippen molar-refractivity contribution in [1.29, 1.82) is 0 Å². The monoisotopic (exact) mass is 281 g/mol. The number of aryl methyl sites for hydroxylation is 1. The van der Waals surface area contributed by atoms with Crippen LogP contribution in [0, 0.1) is 10.1 Å². The van der Waals surface area contributed by atoms with Crippen LogP contribution in [0.5, 0.6) is 0 Å². The highest BCUT2D eigenvalue weighted by molar-refractivity contribution is 5.55. The molecule has 0 bridgehead atoms. The Hall–Kier alpha value is -1.63. The first-order chi connectivity index (χ1) is 9.54. The van der Waals surface area contributed by atoms with E-state index in [1.807, 2.05) is 7.05 Å². The Morgan fingerprint density at radius 1 is 1.50 bits per heavy atom. The van der Waals surface area contributed by atoms with Gasteiger partial charge in [0.25, 0.3) is 0 Å². The smallest absolute Gasteiger partial charge is 0.358 e. The fourth-order valence-electron chi connectivity index (χ4n) is 2.99. The Labute approximate surface area is 118 Å². The van der Waals surface area contributed by atoms with E-state index in [1.165, 1.54) is 6.33 Å². The molecule has 0 spiro atoms. The van der Waals surface area contributed by atoms with Gasteiger partial charge in [-0.2, -0.15) is 0 Å². The zero-order valence-electron chi connectivity index (χ0n) is 12.2. The normalized spacial score (nSPS) is 22.8. The lowest BCUT2D eigenvalue weighted by atomic mass is 9.90. The summed E-state index contributed by atoms with van der Waals surface area (Å²) in [6.45, 7) is 2.89. The molecule has 0 aromatic carbocycles. The molecule has 2 N–H and O–H groups in total. The Kier molecular flexibility index (Phi) is 4.59. The van der Waals surface area contributed by atoms with Crippen molar-refractivity contribution in [2.45, 2.75) is 51.1 Å². The lowest BCUT2D eigenvalue weighted by Crippen LogP contribution is -2.42. The highest BCUT2D eigenvalue weighted by Gasteiger charge is 2.31. The Morgan fingerprint density at radius 2 is 2.15 bits per heavy atom. The van der Waals surface area contributed by atoms with Gasteiger partial charge in [-0.25, -0.2) is 0 Å². The van der Waals surface area contributed by atoms with E-state index in [-0.39, 0.29) is 11.9 Å². The first-order valence-electron chi connectivity index (χ1n) is 7.22. The third-order valence-corrected chi connectivity index (χ3v) is 3.98. The summed E-state index contributed by atoms with van der Waals surface area (Å²) in [4.78, 5) is 16.8. The minimum atomic E-state index is -0.396. The van der Waals surface area contributed by atoms with Crippen molar-refractivity contribution in [3.8, 4) is 0 Å². The van der Waals surface area contributed by atoms with Gasteiger partial charge in [0.15, 0.2) is 0 Å². The zero-order valence-corrected chi connectivity index (χ0v) is 12.2. The minimum Gasteiger partial charge on any atom is -0.358 e. The Balaban J connectivity index is 2.28. The van der Waals surface area contributed by atoms with E-state index in [0.717, 1.165) is 38.6 Å². The summed E-state index contributed by atoms with van der Waals surface area (Å²) >= 11 is 0. The van der Waals surface area contributed by atoms with Crippen LogP contribution in [0.15, 0.2) is 6.33 Å². The lowest BCUT2D eigenvalue weighted by molar-refractivity contribution is -0.388. The topological polar surface area (TPSA) is 90.2 Å². The van der Waals surface area contributed by atoms with Crippen LogP contribution in [0.1, 0.15) is 39.0 Å². The summed E-state index contributed by atoms with van der Waals surface area (Å²) in [5.74, 6) is 0.577. The molecule has 1 aliphatic carbocycles. The van der Waals surface area contributed by atoms with Gasteiger partial charge in [0, 0.05) is 25.7 Å². The fourth-order valence-corrected chi connectivity index (χ4v) is 2.99. The van der Waals surface area contributed by atoms with Gasteiger partial charge in [-0.05, 0) is 42.0 Å². The van der Waals surface area contributed by atoms with E-state index in [1.54, 1.807) is 4.57 Å². The number of rotatable bonds is 5. The molecule has 1 aromatic heterocycles. The van der Waals surface area contributed by atoms with Crippen molar-refractivity contribution < 1.29 is 4.92 Å². The second-order valence-electron chi connectivity index (χ2n) is 5.52. The summed E-state index contributed by atoms with van der Waals surface area (Å²) < 4.78 is 1.75. The fraction of sp³-hybridized carbons (Fsp3) is 0.769. The van der Waals surface area contributed by atoms with Crippen LogP contribution in [-0.4, -0.2) is 33.1 Å². The van der Waals surface area contributed by atoms with Gasteiger partial charge in [0.05, 0.1) is 0 Å². The van der Waals surface area contributed by atoms with Crippen molar-refractivity contribution in [2.24, 2.45) is 12.8 Å². The predicted octanol–water partition coefficient (Wildman–Crippen LogP) is 1.81. The van der Waals surface area contributed by atoms with Crippen molar-refractivity contribution in [3.63, 3.8) is 0 Å². The van der Waals surface area contributed by atoms with Crippen LogP contribution in [0.3, 0.4) is 0 Å². The van der Waals surface area contributed by atoms with Crippen LogP contribution >= 0.6 is 0 Å². The molecule has 0 radical (unpaired) electrons. The molecule has 112 valence electrons. The highest BCUT2D eigenvalue weighted by atomic mass is 16.6. The molecule has 1 aromatic rings. The van der Waals surface area contributed by atoms with Gasteiger partial charge >= 0.3 is 5.82 Å². The van der Waals surface area contributed by atoms with Gasteiger partial charge in [-0.15, -0.1) is 0 Å². The molecule has 1 saturated carbocycles. The van der Waals surface area contributed by atoms with E-state index in [4.69, 9.17) is 5.73 Å². The van der Waals surface area contributed by atoms with Gasteiger partial charge in [0.2, 0.25) is 12.1 Å². The first kappa shape index (κ1) is 14.8. The second kappa shape index (κ2) is 6.21. The maximum absolute atomic E-state index is 11.2. The maximum Gasteiger partial charge on any atom is 0.406 e. The average Bonchev–Trinajstić information content (AvgIpc) is 2.79. The van der Waals surface area contributed by atoms with Crippen LogP contribution in [0.4, 0.5) is 11.6 Å². The van der Waals surface area contributed by atoms with Crippen molar-refractivity contribution in [2.75, 3.05) is 11.4 Å². The highest BCUT2D eigenvalue weighted by Crippen LogP contribution is 2.32. The lowest BCUT2D eigenvalue weighted by Gasteiger charge is -2.36. The Morgan fingerprint density at radius 3 is 2.70 bits per heavy atom. The van der Waals surface area contributed by atoms with Gasteiger partial charge in [0.1, 0.15) is 0 Å². The Bertz CT molecular complexity index is 465. The molecular weight excluding hydrogens is 258 g/mol. The molecule has 1 aliphatic rings. The van der Waals surface area contributed by atoms with Crippen molar-refractivity contribution in [3.05, 3.63) is 16.4 Å².